The number of anilines is 3. The lowest BCUT2D eigenvalue weighted by molar-refractivity contribution is 0.620. The summed E-state index contributed by atoms with van der Waals surface area (Å²) in [6.07, 6.45) is 0. The van der Waals surface area contributed by atoms with Crippen LogP contribution in [0.5, 0.6) is 0 Å². The van der Waals surface area contributed by atoms with Gasteiger partial charge in [-0.05, 0) is 83.9 Å². The molecule has 0 fully saturated rings. The minimum Gasteiger partial charge on any atom is -0.436 e. The molecule has 0 atom stereocenters. The molecule has 0 saturated carbocycles. The predicted octanol–water partition coefficient (Wildman–Crippen LogP) is 13.2. The molecular formula is C52H34N6O. The number of hydrogen-bond donors (Lipinski definition) is 0. The predicted molar refractivity (Wildman–Crippen MR) is 238 cm³/mol. The second kappa shape index (κ2) is 14.4. The Labute approximate surface area is 340 Å². The number of hydrogen-bond acceptors (Lipinski definition) is 6. The molecule has 0 saturated heterocycles. The second-order valence-electron chi connectivity index (χ2n) is 14.4. The van der Waals surface area contributed by atoms with Crippen molar-refractivity contribution in [2.24, 2.45) is 0 Å². The molecule has 0 N–H and O–H groups in total. The third-order valence-electron chi connectivity index (χ3n) is 10.7. The van der Waals surface area contributed by atoms with E-state index in [0.29, 0.717) is 29.1 Å². The molecule has 59 heavy (non-hydrogen) atoms. The van der Waals surface area contributed by atoms with E-state index < -0.39 is 0 Å². The normalized spacial score (nSPS) is 11.4. The second-order valence-corrected chi connectivity index (χ2v) is 14.4. The maximum Gasteiger partial charge on any atom is 0.238 e. The number of nitrogens with zero attached hydrogens (tertiary/aromatic N) is 6. The summed E-state index contributed by atoms with van der Waals surface area (Å²) in [4.78, 5) is 22.5. The number of oxazole rings is 1. The summed E-state index contributed by atoms with van der Waals surface area (Å²) in [5, 5.41) is 2.04. The number of para-hydroxylation sites is 2. The maximum absolute atomic E-state index is 6.44. The Kier molecular flexibility index (Phi) is 8.33. The van der Waals surface area contributed by atoms with Gasteiger partial charge in [0.1, 0.15) is 5.52 Å². The van der Waals surface area contributed by atoms with Crippen LogP contribution >= 0.6 is 0 Å². The molecular weight excluding hydrogens is 725 g/mol. The average molecular weight is 759 g/mol. The first-order valence-corrected chi connectivity index (χ1v) is 19.6. The number of fused-ring (bicyclic) bond motifs is 4. The van der Waals surface area contributed by atoms with Gasteiger partial charge in [0, 0.05) is 44.5 Å². The highest BCUT2D eigenvalue weighted by atomic mass is 16.3. The van der Waals surface area contributed by atoms with Gasteiger partial charge in [-0.2, -0.15) is 9.97 Å². The molecule has 11 rings (SSSR count). The van der Waals surface area contributed by atoms with Gasteiger partial charge >= 0.3 is 0 Å². The lowest BCUT2D eigenvalue weighted by atomic mass is 10.0. The Balaban J connectivity index is 1.10. The third kappa shape index (κ3) is 6.27. The van der Waals surface area contributed by atoms with Crippen LogP contribution in [0.2, 0.25) is 0 Å². The van der Waals surface area contributed by atoms with Crippen LogP contribution in [0.4, 0.5) is 17.1 Å². The molecule has 278 valence electrons. The van der Waals surface area contributed by atoms with E-state index in [4.69, 9.17) is 24.4 Å². The van der Waals surface area contributed by atoms with Crippen molar-refractivity contribution < 1.29 is 4.42 Å². The van der Waals surface area contributed by atoms with E-state index in [1.54, 1.807) is 0 Å². The molecule has 0 radical (unpaired) electrons. The lowest BCUT2D eigenvalue weighted by Gasteiger charge is -2.25. The topological polar surface area (TPSA) is 72.9 Å². The summed E-state index contributed by atoms with van der Waals surface area (Å²) in [5.74, 6) is 2.27. The molecule has 7 nitrogen and oxygen atoms in total. The minimum absolute atomic E-state index is 0.517. The van der Waals surface area contributed by atoms with E-state index >= 15 is 0 Å². The molecule has 11 aromatic rings. The van der Waals surface area contributed by atoms with Crippen molar-refractivity contribution in [3.8, 4) is 51.3 Å². The zero-order valence-corrected chi connectivity index (χ0v) is 31.7. The van der Waals surface area contributed by atoms with Gasteiger partial charge in [-0.25, -0.2) is 9.97 Å². The van der Waals surface area contributed by atoms with E-state index in [-0.39, 0.29) is 0 Å². The zero-order valence-electron chi connectivity index (χ0n) is 31.7. The Hall–Kier alpha value is -8.16. The third-order valence-corrected chi connectivity index (χ3v) is 10.7. The van der Waals surface area contributed by atoms with Crippen molar-refractivity contribution >= 4 is 50.0 Å². The molecule has 7 heteroatoms. The average Bonchev–Trinajstić information content (AvgIpc) is 3.88. The van der Waals surface area contributed by atoms with E-state index in [1.165, 1.54) is 0 Å². The highest BCUT2D eigenvalue weighted by Gasteiger charge is 2.21. The van der Waals surface area contributed by atoms with E-state index in [2.05, 4.69) is 113 Å². The molecule has 0 bridgehead atoms. The maximum atomic E-state index is 6.44. The molecule has 0 unspecified atom stereocenters. The standard InChI is InChI=1S/C52H34N6O/c1-6-16-36(17-7-1)49-54-50(37-18-8-2-9-19-37)56-52(55-49)58-46-31-28-39(32-43(46)44-33-48-45(34-47(44)58)53-51(59-48)38-20-10-3-11-21-38)35-26-29-42(30-27-35)57(40-22-12-4-13-23-40)41-24-14-5-15-25-41/h1-34H. The Morgan fingerprint density at radius 3 is 1.44 bits per heavy atom. The molecule has 0 aliphatic carbocycles. The van der Waals surface area contributed by atoms with Gasteiger partial charge in [0.15, 0.2) is 17.2 Å². The molecule has 3 aromatic heterocycles. The van der Waals surface area contributed by atoms with Crippen molar-refractivity contribution in [1.82, 2.24) is 24.5 Å². The molecule has 0 amide bonds. The highest BCUT2D eigenvalue weighted by Crippen LogP contribution is 2.40. The number of rotatable bonds is 8. The van der Waals surface area contributed by atoms with Crippen molar-refractivity contribution in [3.63, 3.8) is 0 Å². The minimum atomic E-state index is 0.517. The van der Waals surface area contributed by atoms with Gasteiger partial charge in [0.2, 0.25) is 11.8 Å². The quantitative estimate of drug-likeness (QED) is 0.154. The first-order valence-electron chi connectivity index (χ1n) is 19.6. The lowest BCUT2D eigenvalue weighted by Crippen LogP contribution is -2.09. The van der Waals surface area contributed by atoms with Gasteiger partial charge in [0.25, 0.3) is 0 Å². The summed E-state index contributed by atoms with van der Waals surface area (Å²) in [7, 11) is 0. The van der Waals surface area contributed by atoms with Crippen LogP contribution in [0.3, 0.4) is 0 Å². The van der Waals surface area contributed by atoms with Crippen molar-refractivity contribution in [3.05, 3.63) is 206 Å². The van der Waals surface area contributed by atoms with Crippen molar-refractivity contribution in [1.29, 1.82) is 0 Å². The Morgan fingerprint density at radius 1 is 0.373 bits per heavy atom. The molecule has 0 spiro atoms. The van der Waals surface area contributed by atoms with Crippen LogP contribution in [0.25, 0.3) is 84.2 Å². The van der Waals surface area contributed by atoms with Gasteiger partial charge < -0.3 is 9.32 Å². The van der Waals surface area contributed by atoms with Crippen LogP contribution in [-0.2, 0) is 0 Å². The summed E-state index contributed by atoms with van der Waals surface area (Å²) in [6.45, 7) is 0. The van der Waals surface area contributed by atoms with Gasteiger partial charge in [-0.3, -0.25) is 4.57 Å². The fourth-order valence-electron chi connectivity index (χ4n) is 7.84. The highest BCUT2D eigenvalue weighted by molar-refractivity contribution is 6.13. The van der Waals surface area contributed by atoms with Crippen LogP contribution in [-0.4, -0.2) is 24.5 Å². The molecule has 0 aliphatic rings. The fourth-order valence-corrected chi connectivity index (χ4v) is 7.84. The Bertz CT molecular complexity index is 3140. The van der Waals surface area contributed by atoms with Crippen LogP contribution in [0, 0.1) is 0 Å². The van der Waals surface area contributed by atoms with Gasteiger partial charge in [-0.15, -0.1) is 0 Å². The summed E-state index contributed by atoms with van der Waals surface area (Å²) < 4.78 is 8.57. The van der Waals surface area contributed by atoms with Crippen molar-refractivity contribution in [2.45, 2.75) is 0 Å². The summed E-state index contributed by atoms with van der Waals surface area (Å²) in [6, 6.07) is 70.6. The molecule has 3 heterocycles. The first kappa shape index (κ1) is 34.1. The number of aromatic nitrogens is 5. The monoisotopic (exact) mass is 758 g/mol. The fraction of sp³-hybridized carbons (Fsp3) is 0. The largest absolute Gasteiger partial charge is 0.436 e. The van der Waals surface area contributed by atoms with E-state index in [1.807, 2.05) is 103 Å². The van der Waals surface area contributed by atoms with Crippen LogP contribution in [0.15, 0.2) is 211 Å². The van der Waals surface area contributed by atoms with Gasteiger partial charge in [-0.1, -0.05) is 133 Å². The van der Waals surface area contributed by atoms with Crippen molar-refractivity contribution in [2.75, 3.05) is 4.90 Å². The first-order chi connectivity index (χ1) is 29.2. The summed E-state index contributed by atoms with van der Waals surface area (Å²) in [5.41, 5.74) is 11.5. The Morgan fingerprint density at radius 2 is 0.864 bits per heavy atom. The molecule has 8 aromatic carbocycles. The molecule has 0 aliphatic heterocycles. The SMILES string of the molecule is c1ccc(-c2nc(-c3ccccc3)nc(-n3c4ccc(-c5ccc(N(c6ccccc6)c6ccccc6)cc5)cc4c4cc5oc(-c6ccccc6)nc5cc43)n2)cc1. The van der Waals surface area contributed by atoms with Crippen LogP contribution < -0.4 is 4.90 Å². The smallest absolute Gasteiger partial charge is 0.238 e. The van der Waals surface area contributed by atoms with Gasteiger partial charge in [0.05, 0.1) is 11.0 Å². The summed E-state index contributed by atoms with van der Waals surface area (Å²) >= 11 is 0. The van der Waals surface area contributed by atoms with E-state index in [0.717, 1.165) is 72.2 Å². The zero-order chi connectivity index (χ0) is 39.1. The van der Waals surface area contributed by atoms with Crippen LogP contribution in [0.1, 0.15) is 0 Å². The van der Waals surface area contributed by atoms with E-state index in [9.17, 15) is 0 Å². The number of benzene rings is 8.